The summed E-state index contributed by atoms with van der Waals surface area (Å²) in [5.41, 5.74) is 0.615. The van der Waals surface area contributed by atoms with Crippen LogP contribution in [0.3, 0.4) is 0 Å². The molecule has 7 heteroatoms. The summed E-state index contributed by atoms with van der Waals surface area (Å²) in [7, 11) is 0. The number of esters is 1. The Labute approximate surface area is 150 Å². The number of ketones is 1. The van der Waals surface area contributed by atoms with Crippen LogP contribution < -0.4 is 10.6 Å². The monoisotopic (exact) mass is 360 g/mol. The first kappa shape index (κ1) is 18.7. The molecular weight excluding hydrogens is 340 g/mol. The third kappa shape index (κ3) is 5.72. The van der Waals surface area contributed by atoms with E-state index in [1.165, 1.54) is 11.3 Å². The number of para-hydroxylation sites is 1. The molecule has 25 heavy (non-hydrogen) atoms. The van der Waals surface area contributed by atoms with Gasteiger partial charge in [0.05, 0.1) is 4.88 Å². The predicted octanol–water partition coefficient (Wildman–Crippen LogP) is 3.32. The lowest BCUT2D eigenvalue weighted by atomic mass is 10.1. The number of benzene rings is 1. The van der Waals surface area contributed by atoms with Crippen molar-refractivity contribution in [3.8, 4) is 0 Å². The first-order valence-electron chi connectivity index (χ1n) is 7.83. The lowest BCUT2D eigenvalue weighted by Crippen LogP contribution is -2.47. The summed E-state index contributed by atoms with van der Waals surface area (Å²) in [4.78, 5) is 36.7. The van der Waals surface area contributed by atoms with Crippen molar-refractivity contribution in [1.82, 2.24) is 5.32 Å². The van der Waals surface area contributed by atoms with Gasteiger partial charge in [-0.1, -0.05) is 38.1 Å². The lowest BCUT2D eigenvalue weighted by molar-refractivity contribution is -0.145. The molecular formula is C18H20N2O4S. The number of carbonyl (C=O) groups excluding carboxylic acids is 3. The van der Waals surface area contributed by atoms with Gasteiger partial charge in [0.25, 0.3) is 0 Å². The highest BCUT2D eigenvalue weighted by Crippen LogP contribution is 2.11. The van der Waals surface area contributed by atoms with Crippen LogP contribution in [0.4, 0.5) is 10.5 Å². The quantitative estimate of drug-likeness (QED) is 0.586. The van der Waals surface area contributed by atoms with Crippen molar-refractivity contribution < 1.29 is 19.1 Å². The summed E-state index contributed by atoms with van der Waals surface area (Å²) in [6.07, 6.45) is 0. The number of thiophene rings is 1. The van der Waals surface area contributed by atoms with Crippen LogP contribution in [0.25, 0.3) is 0 Å². The number of carbonyl (C=O) groups is 3. The van der Waals surface area contributed by atoms with E-state index < -0.39 is 18.0 Å². The van der Waals surface area contributed by atoms with Gasteiger partial charge in [-0.25, -0.2) is 9.59 Å². The number of rotatable bonds is 7. The van der Waals surface area contributed by atoms with E-state index in [2.05, 4.69) is 10.6 Å². The number of urea groups is 1. The maximum Gasteiger partial charge on any atom is 0.329 e. The van der Waals surface area contributed by atoms with Gasteiger partial charge in [0, 0.05) is 5.69 Å². The summed E-state index contributed by atoms with van der Waals surface area (Å²) in [5.74, 6) is -1.09. The fourth-order valence-electron chi connectivity index (χ4n) is 2.06. The molecule has 0 spiro atoms. The van der Waals surface area contributed by atoms with Gasteiger partial charge in [-0.2, -0.15) is 0 Å². The lowest BCUT2D eigenvalue weighted by Gasteiger charge is -2.20. The van der Waals surface area contributed by atoms with Gasteiger partial charge in [0.1, 0.15) is 6.04 Å². The Kier molecular flexibility index (Phi) is 6.71. The second-order valence-electron chi connectivity index (χ2n) is 5.69. The van der Waals surface area contributed by atoms with Gasteiger partial charge in [-0.3, -0.25) is 4.79 Å². The minimum absolute atomic E-state index is 0.189. The number of hydrogen-bond acceptors (Lipinski definition) is 5. The first-order valence-corrected chi connectivity index (χ1v) is 8.71. The van der Waals surface area contributed by atoms with E-state index in [0.717, 1.165) is 0 Å². The largest absolute Gasteiger partial charge is 0.456 e. The zero-order valence-electron chi connectivity index (χ0n) is 14.0. The molecule has 0 fully saturated rings. The molecule has 0 aliphatic carbocycles. The highest BCUT2D eigenvalue weighted by Gasteiger charge is 2.26. The molecule has 2 rings (SSSR count). The Hall–Kier alpha value is -2.67. The molecule has 0 bridgehead atoms. The van der Waals surface area contributed by atoms with Crippen molar-refractivity contribution in [2.75, 3.05) is 11.9 Å². The van der Waals surface area contributed by atoms with Crippen molar-refractivity contribution >= 4 is 34.8 Å². The van der Waals surface area contributed by atoms with Crippen LogP contribution in [0.2, 0.25) is 0 Å². The topological polar surface area (TPSA) is 84.5 Å². The summed E-state index contributed by atoms with van der Waals surface area (Å²) in [6.45, 7) is 3.23. The summed E-state index contributed by atoms with van der Waals surface area (Å²) in [5, 5.41) is 7.02. The van der Waals surface area contributed by atoms with Crippen molar-refractivity contribution in [2.45, 2.75) is 19.9 Å². The van der Waals surface area contributed by atoms with Crippen molar-refractivity contribution in [3.63, 3.8) is 0 Å². The van der Waals surface area contributed by atoms with E-state index >= 15 is 0 Å². The molecule has 0 radical (unpaired) electrons. The van der Waals surface area contributed by atoms with Crippen LogP contribution in [0.15, 0.2) is 47.8 Å². The fourth-order valence-corrected chi connectivity index (χ4v) is 2.71. The van der Waals surface area contributed by atoms with Gasteiger partial charge in [-0.05, 0) is 29.5 Å². The van der Waals surface area contributed by atoms with Crippen molar-refractivity contribution in [3.05, 3.63) is 52.7 Å². The van der Waals surface area contributed by atoms with E-state index in [0.29, 0.717) is 10.6 Å². The van der Waals surface area contributed by atoms with Crippen LogP contribution in [-0.2, 0) is 9.53 Å². The number of nitrogens with one attached hydrogen (secondary N) is 2. The summed E-state index contributed by atoms with van der Waals surface area (Å²) < 4.78 is 5.08. The zero-order valence-corrected chi connectivity index (χ0v) is 14.8. The smallest absolute Gasteiger partial charge is 0.329 e. The van der Waals surface area contributed by atoms with E-state index in [1.54, 1.807) is 55.6 Å². The molecule has 2 N–H and O–H groups in total. The van der Waals surface area contributed by atoms with Crippen LogP contribution >= 0.6 is 11.3 Å². The van der Waals surface area contributed by atoms with Gasteiger partial charge >= 0.3 is 12.0 Å². The molecule has 0 aliphatic heterocycles. The molecule has 6 nitrogen and oxygen atoms in total. The van der Waals surface area contributed by atoms with Crippen LogP contribution in [-0.4, -0.2) is 30.4 Å². The third-order valence-electron chi connectivity index (χ3n) is 3.38. The average molecular weight is 360 g/mol. The molecule has 0 saturated heterocycles. The minimum Gasteiger partial charge on any atom is -0.456 e. The van der Waals surface area contributed by atoms with Crippen molar-refractivity contribution in [2.24, 2.45) is 5.92 Å². The molecule has 0 aliphatic rings. The van der Waals surface area contributed by atoms with Gasteiger partial charge < -0.3 is 15.4 Å². The van der Waals surface area contributed by atoms with Crippen LogP contribution in [0.1, 0.15) is 23.5 Å². The Morgan fingerprint density at radius 3 is 2.40 bits per heavy atom. The van der Waals surface area contributed by atoms with Gasteiger partial charge in [-0.15, -0.1) is 11.3 Å². The van der Waals surface area contributed by atoms with E-state index in [4.69, 9.17) is 4.74 Å². The standard InChI is InChI=1S/C18H20N2O4S/c1-12(2)16(20-18(23)19-13-7-4-3-5-8-13)17(22)24-11-14(21)15-9-6-10-25-15/h3-10,12,16H,11H2,1-2H3,(H2,19,20,23)/t16-/m1/s1. The van der Waals surface area contributed by atoms with E-state index in [1.807, 2.05) is 6.07 Å². The molecule has 2 aromatic rings. The first-order chi connectivity index (χ1) is 12.0. The number of amides is 2. The fraction of sp³-hybridized carbons (Fsp3) is 0.278. The predicted molar refractivity (Wildman–Crippen MR) is 96.8 cm³/mol. The second-order valence-corrected chi connectivity index (χ2v) is 6.64. The van der Waals surface area contributed by atoms with Crippen molar-refractivity contribution in [1.29, 1.82) is 0 Å². The molecule has 1 aromatic carbocycles. The van der Waals surface area contributed by atoms with E-state index in [-0.39, 0.29) is 18.3 Å². The highest BCUT2D eigenvalue weighted by molar-refractivity contribution is 7.12. The summed E-state index contributed by atoms with van der Waals surface area (Å²) in [6, 6.07) is 11.0. The van der Waals surface area contributed by atoms with E-state index in [9.17, 15) is 14.4 Å². The van der Waals surface area contributed by atoms with Gasteiger partial charge in [0.15, 0.2) is 6.61 Å². The molecule has 0 unspecified atom stereocenters. The number of ether oxygens (including phenoxy) is 1. The Bertz CT molecular complexity index is 714. The zero-order chi connectivity index (χ0) is 18.2. The number of anilines is 1. The maximum absolute atomic E-state index is 12.2. The number of Topliss-reactive ketones (excluding diaryl/α,β-unsaturated/α-hetero) is 1. The maximum atomic E-state index is 12.2. The average Bonchev–Trinajstić information content (AvgIpc) is 3.12. The molecule has 2 amide bonds. The number of hydrogen-bond donors (Lipinski definition) is 2. The Morgan fingerprint density at radius 2 is 1.80 bits per heavy atom. The SMILES string of the molecule is CC(C)[C@@H](NC(=O)Nc1ccccc1)C(=O)OCC(=O)c1cccs1. The Balaban J connectivity index is 1.89. The molecule has 0 saturated carbocycles. The molecule has 1 atom stereocenters. The molecule has 1 heterocycles. The minimum atomic E-state index is -0.847. The molecule has 132 valence electrons. The summed E-state index contributed by atoms with van der Waals surface area (Å²) >= 11 is 1.29. The third-order valence-corrected chi connectivity index (χ3v) is 4.29. The van der Waals surface area contributed by atoms with Gasteiger partial charge in [0.2, 0.25) is 5.78 Å². The van der Waals surface area contributed by atoms with Crippen LogP contribution in [0, 0.1) is 5.92 Å². The second kappa shape index (κ2) is 8.98. The normalized spacial score (nSPS) is 11.6. The Morgan fingerprint density at radius 1 is 1.08 bits per heavy atom. The van der Waals surface area contributed by atoms with Crippen LogP contribution in [0.5, 0.6) is 0 Å². The molecule has 1 aromatic heterocycles. The highest BCUT2D eigenvalue weighted by atomic mass is 32.1.